The summed E-state index contributed by atoms with van der Waals surface area (Å²) in [5.41, 5.74) is 0.206. The normalized spacial score (nSPS) is 19.0. The van der Waals surface area contributed by atoms with Gasteiger partial charge in [0.15, 0.2) is 0 Å². The van der Waals surface area contributed by atoms with Crippen molar-refractivity contribution in [1.29, 1.82) is 0 Å². The van der Waals surface area contributed by atoms with Gasteiger partial charge < -0.3 is 14.4 Å². The number of halogens is 1. The third-order valence-corrected chi connectivity index (χ3v) is 4.25. The molecule has 2 atom stereocenters. The van der Waals surface area contributed by atoms with E-state index in [1.165, 1.54) is 7.11 Å². The maximum Gasteiger partial charge on any atom is 0.410 e. The maximum absolute atomic E-state index is 12.5. The highest BCUT2D eigenvalue weighted by atomic mass is 35.5. The van der Waals surface area contributed by atoms with E-state index < -0.39 is 17.6 Å². The lowest BCUT2D eigenvalue weighted by molar-refractivity contribution is -0.143. The van der Waals surface area contributed by atoms with Crippen LogP contribution in [0.25, 0.3) is 0 Å². The molecule has 0 spiro atoms. The van der Waals surface area contributed by atoms with Crippen molar-refractivity contribution in [2.45, 2.75) is 51.2 Å². The molecule has 1 amide bonds. The molecular weight excluding hydrogens is 330 g/mol. The van der Waals surface area contributed by atoms with E-state index in [4.69, 9.17) is 21.1 Å². The third-order valence-electron chi connectivity index (χ3n) is 4.00. The largest absolute Gasteiger partial charge is 0.468 e. The number of ether oxygens (including phenoxy) is 2. The Labute approximate surface area is 147 Å². The van der Waals surface area contributed by atoms with Crippen LogP contribution in [-0.4, -0.2) is 42.3 Å². The average molecular weight is 354 g/mol. The summed E-state index contributed by atoms with van der Waals surface area (Å²) in [6.07, 6.45) is 1.15. The highest BCUT2D eigenvalue weighted by Crippen LogP contribution is 2.33. The van der Waals surface area contributed by atoms with Crippen LogP contribution >= 0.6 is 11.6 Å². The quantitative estimate of drug-likeness (QED) is 0.771. The Kier molecular flexibility index (Phi) is 5.75. The van der Waals surface area contributed by atoms with Crippen LogP contribution in [0.5, 0.6) is 0 Å². The molecule has 5 nitrogen and oxygen atoms in total. The fourth-order valence-electron chi connectivity index (χ4n) is 3.00. The molecule has 0 aromatic heterocycles. The van der Waals surface area contributed by atoms with Gasteiger partial charge in [0, 0.05) is 11.6 Å². The monoisotopic (exact) mass is 353 g/mol. The van der Waals surface area contributed by atoms with Crippen molar-refractivity contribution in [2.75, 3.05) is 13.7 Å². The molecule has 6 heteroatoms. The summed E-state index contributed by atoms with van der Waals surface area (Å²) in [6, 6.07) is 6.79. The summed E-state index contributed by atoms with van der Waals surface area (Å²) < 4.78 is 10.5. The highest BCUT2D eigenvalue weighted by Gasteiger charge is 2.41. The molecule has 1 unspecified atom stereocenters. The van der Waals surface area contributed by atoms with Crippen molar-refractivity contribution in [3.05, 3.63) is 34.9 Å². The summed E-state index contributed by atoms with van der Waals surface area (Å²) in [7, 11) is 1.36. The lowest BCUT2D eigenvalue weighted by Gasteiger charge is -2.32. The van der Waals surface area contributed by atoms with Crippen molar-refractivity contribution in [1.82, 2.24) is 4.90 Å². The minimum atomic E-state index is -0.578. The van der Waals surface area contributed by atoms with Crippen LogP contribution in [-0.2, 0) is 14.3 Å². The molecular formula is C18H24ClNO4. The number of nitrogens with zero attached hydrogens (tertiary/aromatic N) is 1. The molecule has 24 heavy (non-hydrogen) atoms. The number of esters is 1. The molecule has 1 aromatic carbocycles. The minimum Gasteiger partial charge on any atom is -0.468 e. The lowest BCUT2D eigenvalue weighted by Crippen LogP contribution is -2.44. The summed E-state index contributed by atoms with van der Waals surface area (Å²) in [6.45, 7) is 6.05. The number of amides is 1. The SMILES string of the molecule is COC(=O)[C@@H](c1ccc(Cl)cc1)C1CCCN1C(=O)OC(C)(C)C. The van der Waals surface area contributed by atoms with E-state index in [1.807, 2.05) is 20.8 Å². The van der Waals surface area contributed by atoms with Gasteiger partial charge in [0.25, 0.3) is 0 Å². The number of carbonyl (C=O) groups is 2. The van der Waals surface area contributed by atoms with E-state index >= 15 is 0 Å². The van der Waals surface area contributed by atoms with E-state index in [2.05, 4.69) is 0 Å². The predicted molar refractivity (Wildman–Crippen MR) is 92.2 cm³/mol. The minimum absolute atomic E-state index is 0.284. The third kappa shape index (κ3) is 4.41. The van der Waals surface area contributed by atoms with Crippen molar-refractivity contribution >= 4 is 23.7 Å². The van der Waals surface area contributed by atoms with Gasteiger partial charge in [-0.05, 0) is 51.3 Å². The molecule has 0 radical (unpaired) electrons. The average Bonchev–Trinajstić information content (AvgIpc) is 2.97. The summed E-state index contributed by atoms with van der Waals surface area (Å²) in [5.74, 6) is -0.917. The molecule has 0 N–H and O–H groups in total. The second-order valence-electron chi connectivity index (χ2n) is 6.94. The van der Waals surface area contributed by atoms with Crippen LogP contribution in [0.3, 0.4) is 0 Å². The van der Waals surface area contributed by atoms with Gasteiger partial charge in [0.05, 0.1) is 13.2 Å². The first kappa shape index (κ1) is 18.6. The number of carbonyl (C=O) groups excluding carboxylic acids is 2. The molecule has 1 saturated heterocycles. The summed E-state index contributed by atoms with van der Waals surface area (Å²) in [5, 5.41) is 0.595. The van der Waals surface area contributed by atoms with Crippen LogP contribution in [0.2, 0.25) is 5.02 Å². The molecule has 1 aromatic rings. The number of hydrogen-bond acceptors (Lipinski definition) is 4. The van der Waals surface area contributed by atoms with Gasteiger partial charge in [0.2, 0.25) is 0 Å². The van der Waals surface area contributed by atoms with Crippen LogP contribution in [0, 0.1) is 0 Å². The smallest absolute Gasteiger partial charge is 0.410 e. The maximum atomic E-state index is 12.5. The molecule has 1 fully saturated rings. The molecule has 0 bridgehead atoms. The zero-order valence-corrected chi connectivity index (χ0v) is 15.3. The van der Waals surface area contributed by atoms with Crippen molar-refractivity contribution < 1.29 is 19.1 Å². The second kappa shape index (κ2) is 7.43. The molecule has 1 aliphatic rings. The van der Waals surface area contributed by atoms with E-state index in [0.717, 1.165) is 18.4 Å². The number of rotatable bonds is 3. The van der Waals surface area contributed by atoms with Gasteiger partial charge in [-0.1, -0.05) is 23.7 Å². The van der Waals surface area contributed by atoms with Crippen molar-refractivity contribution in [2.24, 2.45) is 0 Å². The van der Waals surface area contributed by atoms with E-state index in [-0.39, 0.29) is 12.0 Å². The Hall–Kier alpha value is -1.75. The molecule has 1 heterocycles. The Morgan fingerprint density at radius 1 is 1.25 bits per heavy atom. The number of benzene rings is 1. The van der Waals surface area contributed by atoms with Gasteiger partial charge in [-0.3, -0.25) is 4.79 Å². The molecule has 0 aliphatic carbocycles. The number of hydrogen-bond donors (Lipinski definition) is 0. The number of methoxy groups -OCH3 is 1. The second-order valence-corrected chi connectivity index (χ2v) is 7.37. The Bertz CT molecular complexity index is 594. The van der Waals surface area contributed by atoms with Gasteiger partial charge in [0.1, 0.15) is 11.5 Å². The van der Waals surface area contributed by atoms with E-state index in [9.17, 15) is 9.59 Å². The Balaban J connectivity index is 2.29. The standard InChI is InChI=1S/C18H24ClNO4/c1-18(2,3)24-17(22)20-11-5-6-14(20)15(16(21)23-4)12-7-9-13(19)10-8-12/h7-10,14-15H,5-6,11H2,1-4H3/t14?,15-/m0/s1. The fourth-order valence-corrected chi connectivity index (χ4v) is 3.12. The van der Waals surface area contributed by atoms with Gasteiger partial charge in [-0.15, -0.1) is 0 Å². The van der Waals surface area contributed by atoms with E-state index in [0.29, 0.717) is 11.6 Å². The van der Waals surface area contributed by atoms with Crippen LogP contribution in [0.15, 0.2) is 24.3 Å². The topological polar surface area (TPSA) is 55.8 Å². The first-order valence-electron chi connectivity index (χ1n) is 8.06. The lowest BCUT2D eigenvalue weighted by atomic mass is 9.90. The van der Waals surface area contributed by atoms with Gasteiger partial charge in [-0.2, -0.15) is 0 Å². The summed E-state index contributed by atoms with van der Waals surface area (Å²) in [4.78, 5) is 26.5. The molecule has 132 valence electrons. The zero-order chi connectivity index (χ0) is 17.9. The highest BCUT2D eigenvalue weighted by molar-refractivity contribution is 6.30. The summed E-state index contributed by atoms with van der Waals surface area (Å²) >= 11 is 5.94. The van der Waals surface area contributed by atoms with E-state index in [1.54, 1.807) is 29.2 Å². The van der Waals surface area contributed by atoms with Crippen LogP contribution in [0.4, 0.5) is 4.79 Å². The molecule has 0 saturated carbocycles. The first-order chi connectivity index (χ1) is 11.2. The van der Waals surface area contributed by atoms with Crippen LogP contribution in [0.1, 0.15) is 45.1 Å². The predicted octanol–water partition coefficient (Wildman–Crippen LogP) is 4.00. The fraction of sp³-hybridized carbons (Fsp3) is 0.556. The molecule has 1 aliphatic heterocycles. The first-order valence-corrected chi connectivity index (χ1v) is 8.43. The van der Waals surface area contributed by atoms with Crippen LogP contribution < -0.4 is 0 Å². The van der Waals surface area contributed by atoms with Crippen molar-refractivity contribution in [3.63, 3.8) is 0 Å². The Morgan fingerprint density at radius 3 is 2.42 bits per heavy atom. The molecule has 2 rings (SSSR count). The Morgan fingerprint density at radius 2 is 1.88 bits per heavy atom. The number of likely N-dealkylation sites (tertiary alicyclic amines) is 1. The van der Waals surface area contributed by atoms with Gasteiger partial charge in [-0.25, -0.2) is 4.79 Å². The van der Waals surface area contributed by atoms with Crippen molar-refractivity contribution in [3.8, 4) is 0 Å². The van der Waals surface area contributed by atoms with Gasteiger partial charge >= 0.3 is 12.1 Å². The zero-order valence-electron chi connectivity index (χ0n) is 14.5.